The van der Waals surface area contributed by atoms with Gasteiger partial charge < -0.3 is 10.1 Å². The molecular formula is C24H19Cl2N3O4. The third kappa shape index (κ3) is 4.14. The molecule has 2 aromatic carbocycles. The summed E-state index contributed by atoms with van der Waals surface area (Å²) >= 11 is 12.1. The summed E-state index contributed by atoms with van der Waals surface area (Å²) in [6.07, 6.45) is 6.38. The van der Waals surface area contributed by atoms with Crippen LogP contribution in [-0.4, -0.2) is 35.6 Å². The molecule has 7 nitrogen and oxygen atoms in total. The van der Waals surface area contributed by atoms with Gasteiger partial charge in [0.2, 0.25) is 0 Å². The average molecular weight is 484 g/mol. The molecule has 3 aliphatic rings. The van der Waals surface area contributed by atoms with Crippen LogP contribution in [0.15, 0.2) is 59.7 Å². The lowest BCUT2D eigenvalue weighted by Crippen LogP contribution is -2.28. The lowest BCUT2D eigenvalue weighted by Gasteiger charge is -2.13. The molecule has 2 aliphatic carbocycles. The van der Waals surface area contributed by atoms with Crippen LogP contribution >= 0.6 is 23.2 Å². The van der Waals surface area contributed by atoms with Crippen molar-refractivity contribution in [2.24, 2.45) is 28.8 Å². The Morgan fingerprint density at radius 1 is 1.06 bits per heavy atom. The number of imide groups is 1. The Bertz CT molecular complexity index is 1160. The Morgan fingerprint density at radius 2 is 1.73 bits per heavy atom. The fraction of sp³-hybridized carbons (Fsp3) is 0.250. The van der Waals surface area contributed by atoms with E-state index in [1.807, 2.05) is 12.2 Å². The first-order chi connectivity index (χ1) is 15.9. The molecule has 3 amide bonds. The summed E-state index contributed by atoms with van der Waals surface area (Å²) in [7, 11) is 0. The zero-order chi connectivity index (χ0) is 23.1. The number of hydrogen-bond acceptors (Lipinski definition) is 5. The summed E-state index contributed by atoms with van der Waals surface area (Å²) < 4.78 is 5.50. The van der Waals surface area contributed by atoms with Gasteiger partial charge >= 0.3 is 0 Å². The van der Waals surface area contributed by atoms with Gasteiger partial charge in [-0.25, -0.2) is 0 Å². The van der Waals surface area contributed by atoms with E-state index in [1.54, 1.807) is 42.5 Å². The van der Waals surface area contributed by atoms with E-state index in [-0.39, 0.29) is 53.0 Å². The average Bonchev–Trinajstić information content (AvgIpc) is 3.47. The number of amides is 3. The van der Waals surface area contributed by atoms with E-state index in [4.69, 9.17) is 27.9 Å². The van der Waals surface area contributed by atoms with Gasteiger partial charge in [-0.15, -0.1) is 0 Å². The van der Waals surface area contributed by atoms with Crippen LogP contribution in [0.1, 0.15) is 12.0 Å². The Hall–Kier alpha value is -3.16. The van der Waals surface area contributed by atoms with Crippen LogP contribution in [0.3, 0.4) is 0 Å². The highest BCUT2D eigenvalue weighted by Gasteiger charge is 2.59. The molecule has 1 saturated carbocycles. The van der Waals surface area contributed by atoms with E-state index >= 15 is 0 Å². The van der Waals surface area contributed by atoms with Gasteiger partial charge in [-0.05, 0) is 66.3 Å². The maximum absolute atomic E-state index is 12.7. The van der Waals surface area contributed by atoms with Gasteiger partial charge in [-0.2, -0.15) is 10.1 Å². The molecule has 4 atom stereocenters. The van der Waals surface area contributed by atoms with Crippen molar-refractivity contribution in [3.63, 3.8) is 0 Å². The lowest BCUT2D eigenvalue weighted by molar-refractivity contribution is -0.140. The normalized spacial score (nSPS) is 25.2. The fourth-order valence-electron chi connectivity index (χ4n) is 4.71. The van der Waals surface area contributed by atoms with Gasteiger partial charge in [-0.3, -0.25) is 14.4 Å². The Morgan fingerprint density at radius 3 is 2.36 bits per heavy atom. The molecule has 33 heavy (non-hydrogen) atoms. The SMILES string of the molecule is O=C(COc1ccc(C=NN2C(=O)C3C4C=CC(C4)C3C2=O)cc1Cl)Nc1ccc(Cl)cc1. The van der Waals surface area contributed by atoms with Crippen LogP contribution in [-0.2, 0) is 14.4 Å². The number of allylic oxidation sites excluding steroid dienone is 2. The third-order valence-electron chi connectivity index (χ3n) is 6.21. The van der Waals surface area contributed by atoms with E-state index in [0.717, 1.165) is 11.4 Å². The molecule has 2 bridgehead atoms. The lowest BCUT2D eigenvalue weighted by atomic mass is 9.85. The number of fused-ring (bicyclic) bond motifs is 5. The van der Waals surface area contributed by atoms with E-state index in [0.29, 0.717) is 22.0 Å². The Balaban J connectivity index is 1.19. The van der Waals surface area contributed by atoms with Crippen LogP contribution < -0.4 is 10.1 Å². The fourth-order valence-corrected chi connectivity index (χ4v) is 5.08. The molecule has 9 heteroatoms. The number of carbonyl (C=O) groups excluding carboxylic acids is 3. The minimum atomic E-state index is -0.348. The number of anilines is 1. The van der Waals surface area contributed by atoms with E-state index in [9.17, 15) is 14.4 Å². The molecular weight excluding hydrogens is 465 g/mol. The van der Waals surface area contributed by atoms with Crippen LogP contribution in [0.25, 0.3) is 0 Å². The summed E-state index contributed by atoms with van der Waals surface area (Å²) in [6, 6.07) is 11.6. The van der Waals surface area contributed by atoms with Crippen molar-refractivity contribution in [1.29, 1.82) is 0 Å². The number of benzene rings is 2. The minimum absolute atomic E-state index is 0.138. The van der Waals surface area contributed by atoms with Gasteiger partial charge in [0, 0.05) is 10.7 Å². The van der Waals surface area contributed by atoms with Crippen molar-refractivity contribution in [1.82, 2.24) is 5.01 Å². The summed E-state index contributed by atoms with van der Waals surface area (Å²) in [6.45, 7) is -0.230. The van der Waals surface area contributed by atoms with Crippen LogP contribution in [0.2, 0.25) is 10.0 Å². The number of nitrogens with zero attached hydrogens (tertiary/aromatic N) is 2. The van der Waals surface area contributed by atoms with Crippen molar-refractivity contribution in [2.45, 2.75) is 6.42 Å². The molecule has 2 aromatic rings. The maximum atomic E-state index is 12.7. The molecule has 2 fully saturated rings. The van der Waals surface area contributed by atoms with Crippen LogP contribution in [0, 0.1) is 23.7 Å². The molecule has 0 spiro atoms. The van der Waals surface area contributed by atoms with Crippen molar-refractivity contribution < 1.29 is 19.1 Å². The topological polar surface area (TPSA) is 88.1 Å². The van der Waals surface area contributed by atoms with Gasteiger partial charge in [0.1, 0.15) is 5.75 Å². The summed E-state index contributed by atoms with van der Waals surface area (Å²) in [5, 5.41) is 8.67. The smallest absolute Gasteiger partial charge is 0.262 e. The monoisotopic (exact) mass is 483 g/mol. The largest absolute Gasteiger partial charge is 0.482 e. The van der Waals surface area contributed by atoms with Crippen molar-refractivity contribution in [3.05, 3.63) is 70.2 Å². The summed E-state index contributed by atoms with van der Waals surface area (Å²) in [5.41, 5.74) is 1.20. The molecule has 5 rings (SSSR count). The summed E-state index contributed by atoms with van der Waals surface area (Å²) in [4.78, 5) is 37.5. The number of ether oxygens (including phenoxy) is 1. The molecule has 4 unspecified atom stereocenters. The number of nitrogens with one attached hydrogen (secondary N) is 1. The third-order valence-corrected chi connectivity index (χ3v) is 6.76. The highest BCUT2D eigenvalue weighted by atomic mass is 35.5. The number of rotatable bonds is 6. The quantitative estimate of drug-likeness (QED) is 0.379. The van der Waals surface area contributed by atoms with E-state index < -0.39 is 0 Å². The second-order valence-electron chi connectivity index (χ2n) is 8.27. The first-order valence-corrected chi connectivity index (χ1v) is 11.2. The Kier molecular flexibility index (Phi) is 5.68. The zero-order valence-corrected chi connectivity index (χ0v) is 18.8. The van der Waals surface area contributed by atoms with Crippen molar-refractivity contribution >= 4 is 52.8 Å². The zero-order valence-electron chi connectivity index (χ0n) is 17.3. The molecule has 1 aliphatic heterocycles. The molecule has 1 heterocycles. The molecule has 0 aromatic heterocycles. The second-order valence-corrected chi connectivity index (χ2v) is 9.11. The minimum Gasteiger partial charge on any atom is -0.482 e. The Labute approximate surface area is 200 Å². The first-order valence-electron chi connectivity index (χ1n) is 10.5. The maximum Gasteiger partial charge on any atom is 0.262 e. The number of hydrazone groups is 1. The van der Waals surface area contributed by atoms with Gasteiger partial charge in [0.05, 0.1) is 23.1 Å². The van der Waals surface area contributed by atoms with Crippen LogP contribution in [0.5, 0.6) is 5.75 Å². The predicted octanol–water partition coefficient (Wildman–Crippen LogP) is 4.15. The molecule has 1 N–H and O–H groups in total. The van der Waals surface area contributed by atoms with E-state index in [1.165, 1.54) is 6.21 Å². The highest BCUT2D eigenvalue weighted by molar-refractivity contribution is 6.32. The number of hydrogen-bond donors (Lipinski definition) is 1. The molecule has 0 radical (unpaired) electrons. The van der Waals surface area contributed by atoms with Gasteiger partial charge in [-0.1, -0.05) is 35.4 Å². The summed E-state index contributed by atoms with van der Waals surface area (Å²) in [5.74, 6) is -0.804. The standard InChI is InChI=1S/C24H19Cl2N3O4/c25-16-4-6-17(7-5-16)28-20(30)12-33-19-8-1-13(9-18(19)26)11-27-29-23(31)21-14-2-3-15(10-14)22(21)24(29)32/h1-9,11,14-15,21-22H,10,12H2,(H,28,30). The molecule has 168 valence electrons. The highest BCUT2D eigenvalue weighted by Crippen LogP contribution is 2.52. The number of carbonyl (C=O) groups is 3. The number of halogens is 2. The predicted molar refractivity (Wildman–Crippen MR) is 124 cm³/mol. The van der Waals surface area contributed by atoms with Crippen LogP contribution in [0.4, 0.5) is 5.69 Å². The second kappa shape index (κ2) is 8.65. The first kappa shape index (κ1) is 21.7. The van der Waals surface area contributed by atoms with E-state index in [2.05, 4.69) is 10.4 Å². The van der Waals surface area contributed by atoms with Gasteiger partial charge in [0.25, 0.3) is 17.7 Å². The molecule has 1 saturated heterocycles. The van der Waals surface area contributed by atoms with Crippen molar-refractivity contribution in [2.75, 3.05) is 11.9 Å². The van der Waals surface area contributed by atoms with Gasteiger partial charge in [0.15, 0.2) is 6.61 Å². The van der Waals surface area contributed by atoms with Crippen molar-refractivity contribution in [3.8, 4) is 5.75 Å².